The normalized spacial score (nSPS) is 21.8. The van der Waals surface area contributed by atoms with E-state index in [0.717, 1.165) is 25.5 Å². The van der Waals surface area contributed by atoms with E-state index in [1.807, 2.05) is 18.8 Å². The summed E-state index contributed by atoms with van der Waals surface area (Å²) in [5.74, 6) is 1.12. The molecule has 100 valence electrons. The molecule has 2 unspecified atom stereocenters. The van der Waals surface area contributed by atoms with Crippen molar-refractivity contribution in [1.29, 1.82) is 0 Å². The van der Waals surface area contributed by atoms with Gasteiger partial charge in [0.2, 0.25) is 0 Å². The lowest BCUT2D eigenvalue weighted by molar-refractivity contribution is 0.0645. The molecule has 1 aliphatic rings. The Morgan fingerprint density at radius 3 is 2.78 bits per heavy atom. The molecule has 18 heavy (non-hydrogen) atoms. The minimum Gasteiger partial charge on any atom is -0.378 e. The van der Waals surface area contributed by atoms with Crippen molar-refractivity contribution in [2.45, 2.75) is 23.9 Å². The maximum absolute atomic E-state index is 5.54. The van der Waals surface area contributed by atoms with Gasteiger partial charge in [-0.3, -0.25) is 0 Å². The van der Waals surface area contributed by atoms with E-state index < -0.39 is 0 Å². The summed E-state index contributed by atoms with van der Waals surface area (Å²) in [5.41, 5.74) is 1.32. The molecule has 1 aromatic carbocycles. The van der Waals surface area contributed by atoms with Crippen molar-refractivity contribution in [3.63, 3.8) is 0 Å². The van der Waals surface area contributed by atoms with Crippen LogP contribution in [0.2, 0.25) is 0 Å². The van der Waals surface area contributed by atoms with E-state index in [9.17, 15) is 0 Å². The van der Waals surface area contributed by atoms with Crippen LogP contribution in [0, 0.1) is 0 Å². The Hall–Kier alpha value is -0.550. The lowest BCUT2D eigenvalue weighted by Crippen LogP contribution is -2.48. The van der Waals surface area contributed by atoms with Gasteiger partial charge in [-0.25, -0.2) is 0 Å². The van der Waals surface area contributed by atoms with Crippen LogP contribution < -0.4 is 10.6 Å². The van der Waals surface area contributed by atoms with Crippen LogP contribution in [-0.2, 0) is 4.74 Å². The Labute approximate surface area is 114 Å². The average molecular weight is 266 g/mol. The van der Waals surface area contributed by atoms with Crippen molar-refractivity contribution in [3.05, 3.63) is 29.8 Å². The SMILES string of the molecule is CCSc1ccc(C(NC)C2COCCN2)cc1. The van der Waals surface area contributed by atoms with Crippen molar-refractivity contribution < 1.29 is 4.74 Å². The van der Waals surface area contributed by atoms with Crippen LogP contribution in [0.1, 0.15) is 18.5 Å². The minimum absolute atomic E-state index is 0.311. The maximum Gasteiger partial charge on any atom is 0.0638 e. The summed E-state index contributed by atoms with van der Waals surface area (Å²) in [5, 5.41) is 6.91. The van der Waals surface area contributed by atoms with Crippen LogP contribution in [0.15, 0.2) is 29.2 Å². The molecular formula is C14H22N2OS. The summed E-state index contributed by atoms with van der Waals surface area (Å²) < 4.78 is 5.54. The summed E-state index contributed by atoms with van der Waals surface area (Å²) in [4.78, 5) is 1.34. The van der Waals surface area contributed by atoms with Gasteiger partial charge in [0, 0.05) is 17.5 Å². The highest BCUT2D eigenvalue weighted by atomic mass is 32.2. The number of ether oxygens (including phenoxy) is 1. The van der Waals surface area contributed by atoms with Crippen molar-refractivity contribution >= 4 is 11.8 Å². The molecule has 2 N–H and O–H groups in total. The quantitative estimate of drug-likeness (QED) is 0.799. The molecule has 0 amide bonds. The van der Waals surface area contributed by atoms with Crippen LogP contribution in [0.3, 0.4) is 0 Å². The predicted molar refractivity (Wildman–Crippen MR) is 77.3 cm³/mol. The molecule has 0 aromatic heterocycles. The van der Waals surface area contributed by atoms with E-state index in [1.165, 1.54) is 10.5 Å². The summed E-state index contributed by atoms with van der Waals surface area (Å²) in [7, 11) is 2.01. The maximum atomic E-state index is 5.54. The zero-order valence-corrected chi connectivity index (χ0v) is 11.9. The second-order valence-electron chi connectivity index (χ2n) is 4.40. The highest BCUT2D eigenvalue weighted by molar-refractivity contribution is 7.99. The van der Waals surface area contributed by atoms with Crippen LogP contribution in [0.25, 0.3) is 0 Å². The van der Waals surface area contributed by atoms with Crippen molar-refractivity contribution in [1.82, 2.24) is 10.6 Å². The first-order valence-electron chi connectivity index (χ1n) is 6.56. The first-order valence-corrected chi connectivity index (χ1v) is 7.55. The van der Waals surface area contributed by atoms with Gasteiger partial charge in [-0.15, -0.1) is 11.8 Å². The summed E-state index contributed by atoms with van der Waals surface area (Å²) in [6.07, 6.45) is 0. The molecule has 1 heterocycles. The fourth-order valence-electron chi connectivity index (χ4n) is 2.34. The summed E-state index contributed by atoms with van der Waals surface area (Å²) in [6, 6.07) is 9.51. The van der Waals surface area contributed by atoms with E-state index in [0.29, 0.717) is 12.1 Å². The molecule has 0 saturated carbocycles. The monoisotopic (exact) mass is 266 g/mol. The Morgan fingerprint density at radius 1 is 1.44 bits per heavy atom. The molecule has 3 nitrogen and oxygen atoms in total. The highest BCUT2D eigenvalue weighted by Gasteiger charge is 2.23. The second kappa shape index (κ2) is 7.14. The number of benzene rings is 1. The molecule has 0 aliphatic carbocycles. The molecule has 0 spiro atoms. The van der Waals surface area contributed by atoms with Gasteiger partial charge in [0.05, 0.1) is 19.3 Å². The number of nitrogens with one attached hydrogen (secondary N) is 2. The van der Waals surface area contributed by atoms with Gasteiger partial charge in [-0.05, 0) is 30.5 Å². The lowest BCUT2D eigenvalue weighted by Gasteiger charge is -2.31. The molecule has 4 heteroatoms. The molecule has 1 saturated heterocycles. The predicted octanol–water partition coefficient (Wildman–Crippen LogP) is 2.05. The van der Waals surface area contributed by atoms with Crippen molar-refractivity contribution in [2.24, 2.45) is 0 Å². The van der Waals surface area contributed by atoms with E-state index >= 15 is 0 Å². The van der Waals surface area contributed by atoms with E-state index in [-0.39, 0.29) is 0 Å². The van der Waals surface area contributed by atoms with Gasteiger partial charge in [0.15, 0.2) is 0 Å². The molecule has 0 bridgehead atoms. The minimum atomic E-state index is 0.311. The third-order valence-electron chi connectivity index (χ3n) is 3.21. The van der Waals surface area contributed by atoms with Crippen molar-refractivity contribution in [2.75, 3.05) is 32.6 Å². The van der Waals surface area contributed by atoms with E-state index in [2.05, 4.69) is 41.8 Å². The van der Waals surface area contributed by atoms with E-state index in [1.54, 1.807) is 0 Å². The fourth-order valence-corrected chi connectivity index (χ4v) is 3.00. The van der Waals surface area contributed by atoms with Crippen LogP contribution in [-0.4, -0.2) is 38.6 Å². The lowest BCUT2D eigenvalue weighted by atomic mass is 9.99. The summed E-state index contributed by atoms with van der Waals surface area (Å²) >= 11 is 1.88. The Bertz CT molecular complexity index is 349. The molecule has 1 fully saturated rings. The van der Waals surface area contributed by atoms with Crippen LogP contribution in [0.5, 0.6) is 0 Å². The largest absolute Gasteiger partial charge is 0.378 e. The van der Waals surface area contributed by atoms with Gasteiger partial charge < -0.3 is 15.4 Å². The number of rotatable bonds is 5. The topological polar surface area (TPSA) is 33.3 Å². The standard InChI is InChI=1S/C14H22N2OS/c1-3-18-12-6-4-11(5-7-12)14(15-2)13-10-17-9-8-16-13/h4-7,13-16H,3,8-10H2,1-2H3. The van der Waals surface area contributed by atoms with Gasteiger partial charge in [-0.2, -0.15) is 0 Å². The number of hydrogen-bond donors (Lipinski definition) is 2. The van der Waals surface area contributed by atoms with E-state index in [4.69, 9.17) is 4.74 Å². The van der Waals surface area contributed by atoms with Crippen LogP contribution >= 0.6 is 11.8 Å². The number of thioether (sulfide) groups is 1. The smallest absolute Gasteiger partial charge is 0.0638 e. The molecule has 1 aliphatic heterocycles. The molecule has 1 aromatic rings. The van der Waals surface area contributed by atoms with Gasteiger partial charge in [0.1, 0.15) is 0 Å². The number of likely N-dealkylation sites (N-methyl/N-ethyl adjacent to an activating group) is 1. The molecule has 2 atom stereocenters. The highest BCUT2D eigenvalue weighted by Crippen LogP contribution is 2.23. The number of morpholine rings is 1. The fraction of sp³-hybridized carbons (Fsp3) is 0.571. The zero-order valence-electron chi connectivity index (χ0n) is 11.1. The zero-order chi connectivity index (χ0) is 12.8. The first kappa shape index (κ1) is 13.9. The molecular weight excluding hydrogens is 244 g/mol. The van der Waals surface area contributed by atoms with Gasteiger partial charge in [-0.1, -0.05) is 19.1 Å². The van der Waals surface area contributed by atoms with Gasteiger partial charge >= 0.3 is 0 Å². The summed E-state index contributed by atoms with van der Waals surface area (Å²) in [6.45, 7) is 4.71. The van der Waals surface area contributed by atoms with Crippen LogP contribution in [0.4, 0.5) is 0 Å². The van der Waals surface area contributed by atoms with Gasteiger partial charge in [0.25, 0.3) is 0 Å². The molecule has 0 radical (unpaired) electrons. The number of hydrogen-bond acceptors (Lipinski definition) is 4. The first-order chi connectivity index (χ1) is 8.85. The third kappa shape index (κ3) is 3.48. The van der Waals surface area contributed by atoms with Crippen molar-refractivity contribution in [3.8, 4) is 0 Å². The Morgan fingerprint density at radius 2 is 2.22 bits per heavy atom. The Balaban J connectivity index is 2.06. The molecule has 2 rings (SSSR count). The third-order valence-corrected chi connectivity index (χ3v) is 4.11. The second-order valence-corrected chi connectivity index (χ2v) is 5.74. The Kier molecular flexibility index (Phi) is 5.50. The average Bonchev–Trinajstić information content (AvgIpc) is 2.43.